The molecule has 0 aromatic rings. The van der Waals surface area contributed by atoms with Gasteiger partial charge in [0.15, 0.2) is 0 Å². The molecule has 0 spiro atoms. The van der Waals surface area contributed by atoms with Crippen LogP contribution in [0.25, 0.3) is 0 Å². The summed E-state index contributed by atoms with van der Waals surface area (Å²) in [6, 6.07) is 1.17. The Kier molecular flexibility index (Phi) is 5.22. The Morgan fingerprint density at radius 2 is 2.11 bits per heavy atom. The van der Waals surface area contributed by atoms with E-state index in [0.717, 1.165) is 19.6 Å². The quantitative estimate of drug-likeness (QED) is 0.790. The standard InChI is InChI=1S/C15H29N3O/c1-11(2)10-17-15(19)12(3)18-9-5-7-14(18)13-6-4-8-16-13/h11-14,16H,4-10H2,1-3H3,(H,17,19). The maximum Gasteiger partial charge on any atom is 0.237 e. The van der Waals surface area contributed by atoms with Crippen molar-refractivity contribution in [2.75, 3.05) is 19.6 Å². The van der Waals surface area contributed by atoms with Crippen molar-refractivity contribution >= 4 is 5.91 Å². The number of carbonyl (C=O) groups is 1. The molecule has 0 aliphatic carbocycles. The summed E-state index contributed by atoms with van der Waals surface area (Å²) in [4.78, 5) is 14.6. The van der Waals surface area contributed by atoms with Crippen molar-refractivity contribution in [3.8, 4) is 0 Å². The molecule has 2 aliphatic heterocycles. The number of amides is 1. The molecule has 0 radical (unpaired) electrons. The fourth-order valence-corrected chi connectivity index (χ4v) is 3.37. The van der Waals surface area contributed by atoms with E-state index in [9.17, 15) is 4.79 Å². The highest BCUT2D eigenvalue weighted by Gasteiger charge is 2.37. The number of nitrogens with zero attached hydrogens (tertiary/aromatic N) is 1. The highest BCUT2D eigenvalue weighted by Crippen LogP contribution is 2.26. The van der Waals surface area contributed by atoms with E-state index in [1.807, 2.05) is 0 Å². The van der Waals surface area contributed by atoms with Gasteiger partial charge in [0.05, 0.1) is 6.04 Å². The van der Waals surface area contributed by atoms with E-state index in [2.05, 4.69) is 36.3 Å². The predicted molar refractivity (Wildman–Crippen MR) is 78.1 cm³/mol. The molecule has 1 amide bonds. The summed E-state index contributed by atoms with van der Waals surface area (Å²) in [5.74, 6) is 0.709. The Bertz CT molecular complexity index is 300. The molecule has 19 heavy (non-hydrogen) atoms. The molecule has 0 saturated carbocycles. The summed E-state index contributed by atoms with van der Waals surface area (Å²) in [6.45, 7) is 9.31. The topological polar surface area (TPSA) is 44.4 Å². The van der Waals surface area contributed by atoms with E-state index < -0.39 is 0 Å². The molecule has 2 saturated heterocycles. The average Bonchev–Trinajstić information content (AvgIpc) is 3.03. The smallest absolute Gasteiger partial charge is 0.237 e. The van der Waals surface area contributed by atoms with Gasteiger partial charge in [-0.15, -0.1) is 0 Å². The second kappa shape index (κ2) is 6.71. The first-order chi connectivity index (χ1) is 9.09. The SMILES string of the molecule is CC(C)CNC(=O)C(C)N1CCCC1C1CCCN1. The number of likely N-dealkylation sites (tertiary alicyclic amines) is 1. The van der Waals surface area contributed by atoms with Gasteiger partial charge in [-0.05, 0) is 51.6 Å². The van der Waals surface area contributed by atoms with Crippen LogP contribution in [0.1, 0.15) is 46.5 Å². The Morgan fingerprint density at radius 3 is 2.74 bits per heavy atom. The lowest BCUT2D eigenvalue weighted by Crippen LogP contribution is -2.52. The molecule has 110 valence electrons. The number of rotatable bonds is 5. The second-order valence-corrected chi connectivity index (χ2v) is 6.47. The van der Waals surface area contributed by atoms with Crippen molar-refractivity contribution in [1.82, 2.24) is 15.5 Å². The molecule has 2 heterocycles. The van der Waals surface area contributed by atoms with Crippen molar-refractivity contribution in [2.45, 2.75) is 64.6 Å². The van der Waals surface area contributed by atoms with E-state index >= 15 is 0 Å². The van der Waals surface area contributed by atoms with Gasteiger partial charge in [0.2, 0.25) is 5.91 Å². The lowest BCUT2D eigenvalue weighted by molar-refractivity contribution is -0.126. The van der Waals surface area contributed by atoms with Crippen LogP contribution in [0.15, 0.2) is 0 Å². The number of carbonyl (C=O) groups excluding carboxylic acids is 1. The molecular formula is C15H29N3O. The average molecular weight is 267 g/mol. The maximum atomic E-state index is 12.2. The van der Waals surface area contributed by atoms with Gasteiger partial charge in [0.1, 0.15) is 0 Å². The van der Waals surface area contributed by atoms with Crippen LogP contribution >= 0.6 is 0 Å². The highest BCUT2D eigenvalue weighted by atomic mass is 16.2. The molecule has 3 unspecified atom stereocenters. The van der Waals surface area contributed by atoms with E-state index in [1.165, 1.54) is 25.7 Å². The summed E-state index contributed by atoms with van der Waals surface area (Å²) in [7, 11) is 0. The third kappa shape index (κ3) is 3.69. The fraction of sp³-hybridized carbons (Fsp3) is 0.933. The van der Waals surface area contributed by atoms with Crippen molar-refractivity contribution in [3.63, 3.8) is 0 Å². The van der Waals surface area contributed by atoms with Gasteiger partial charge in [-0.1, -0.05) is 13.8 Å². The van der Waals surface area contributed by atoms with Crippen molar-refractivity contribution in [2.24, 2.45) is 5.92 Å². The molecule has 0 aromatic heterocycles. The Labute approximate surface area is 117 Å². The van der Waals surface area contributed by atoms with Gasteiger partial charge in [0.25, 0.3) is 0 Å². The monoisotopic (exact) mass is 267 g/mol. The van der Waals surface area contributed by atoms with E-state index in [1.54, 1.807) is 0 Å². The van der Waals surface area contributed by atoms with Crippen LogP contribution in [0.4, 0.5) is 0 Å². The van der Waals surface area contributed by atoms with Crippen molar-refractivity contribution in [1.29, 1.82) is 0 Å². The highest BCUT2D eigenvalue weighted by molar-refractivity contribution is 5.81. The molecule has 2 fully saturated rings. The number of hydrogen-bond donors (Lipinski definition) is 2. The van der Waals surface area contributed by atoms with E-state index in [4.69, 9.17) is 0 Å². The third-order valence-corrected chi connectivity index (χ3v) is 4.47. The minimum absolute atomic E-state index is 0.00801. The van der Waals surface area contributed by atoms with Gasteiger partial charge in [-0.2, -0.15) is 0 Å². The lowest BCUT2D eigenvalue weighted by Gasteiger charge is -2.33. The first-order valence-corrected chi connectivity index (χ1v) is 7.86. The Morgan fingerprint density at radius 1 is 1.32 bits per heavy atom. The molecule has 4 heteroatoms. The van der Waals surface area contributed by atoms with Gasteiger partial charge in [-0.25, -0.2) is 0 Å². The minimum atomic E-state index is 0.00801. The van der Waals surface area contributed by atoms with Crippen LogP contribution in [0.2, 0.25) is 0 Å². The fourth-order valence-electron chi connectivity index (χ4n) is 3.37. The molecular weight excluding hydrogens is 238 g/mol. The zero-order valence-corrected chi connectivity index (χ0v) is 12.6. The summed E-state index contributed by atoms with van der Waals surface area (Å²) < 4.78 is 0. The van der Waals surface area contributed by atoms with Crippen LogP contribution < -0.4 is 10.6 Å². The van der Waals surface area contributed by atoms with Gasteiger partial charge in [-0.3, -0.25) is 9.69 Å². The lowest BCUT2D eigenvalue weighted by atomic mass is 10.0. The summed E-state index contributed by atoms with van der Waals surface area (Å²) in [6.07, 6.45) is 5.01. The van der Waals surface area contributed by atoms with Gasteiger partial charge < -0.3 is 10.6 Å². The molecule has 3 atom stereocenters. The molecule has 2 rings (SSSR count). The number of nitrogens with one attached hydrogen (secondary N) is 2. The molecule has 4 nitrogen and oxygen atoms in total. The third-order valence-electron chi connectivity index (χ3n) is 4.47. The van der Waals surface area contributed by atoms with E-state index in [0.29, 0.717) is 18.0 Å². The van der Waals surface area contributed by atoms with Crippen molar-refractivity contribution in [3.05, 3.63) is 0 Å². The van der Waals surface area contributed by atoms with Crippen LogP contribution in [-0.2, 0) is 4.79 Å². The summed E-state index contributed by atoms with van der Waals surface area (Å²) in [5.41, 5.74) is 0. The largest absolute Gasteiger partial charge is 0.354 e. The minimum Gasteiger partial charge on any atom is -0.354 e. The summed E-state index contributed by atoms with van der Waals surface area (Å²) in [5, 5.41) is 6.67. The van der Waals surface area contributed by atoms with Crippen LogP contribution in [0.3, 0.4) is 0 Å². The van der Waals surface area contributed by atoms with Crippen LogP contribution in [0.5, 0.6) is 0 Å². The van der Waals surface area contributed by atoms with Gasteiger partial charge in [0, 0.05) is 18.6 Å². The predicted octanol–water partition coefficient (Wildman–Crippen LogP) is 1.36. The molecule has 0 bridgehead atoms. The van der Waals surface area contributed by atoms with Crippen molar-refractivity contribution < 1.29 is 4.79 Å². The molecule has 2 aliphatic rings. The summed E-state index contributed by atoms with van der Waals surface area (Å²) >= 11 is 0. The Balaban J connectivity index is 1.89. The van der Waals surface area contributed by atoms with E-state index in [-0.39, 0.29) is 11.9 Å². The van der Waals surface area contributed by atoms with Crippen LogP contribution in [-0.4, -0.2) is 48.6 Å². The first-order valence-electron chi connectivity index (χ1n) is 7.86. The van der Waals surface area contributed by atoms with Crippen LogP contribution in [0, 0.1) is 5.92 Å². The first kappa shape index (κ1) is 14.8. The zero-order chi connectivity index (χ0) is 13.8. The maximum absolute atomic E-state index is 12.2. The van der Waals surface area contributed by atoms with Gasteiger partial charge >= 0.3 is 0 Å². The number of hydrogen-bond acceptors (Lipinski definition) is 3. The molecule has 0 aromatic carbocycles. The second-order valence-electron chi connectivity index (χ2n) is 6.47. The zero-order valence-electron chi connectivity index (χ0n) is 12.6. The Hall–Kier alpha value is -0.610. The normalized spacial score (nSPS) is 29.9. The molecule has 2 N–H and O–H groups in total.